The minimum atomic E-state index is -4.60. The Kier molecular flexibility index (Phi) is 7.52. The Hall–Kier alpha value is -3.96. The fraction of sp³-hybridized carbons (Fsp3) is 0.241. The van der Waals surface area contributed by atoms with Gasteiger partial charge < -0.3 is 11.1 Å². The number of fused-ring (bicyclic) bond motifs is 1. The fourth-order valence-corrected chi connectivity index (χ4v) is 5.46. The Morgan fingerprint density at radius 1 is 1.07 bits per heavy atom. The van der Waals surface area contributed by atoms with Crippen LogP contribution in [-0.2, 0) is 25.7 Å². The van der Waals surface area contributed by atoms with E-state index in [0.29, 0.717) is 29.9 Å². The summed E-state index contributed by atoms with van der Waals surface area (Å²) in [4.78, 5) is 13.1. The molecule has 0 radical (unpaired) electrons. The molecule has 0 saturated heterocycles. The first-order chi connectivity index (χ1) is 19.3. The molecule has 0 unspecified atom stereocenters. The number of nitrogens with zero attached hydrogens (tertiary/aromatic N) is 3. The summed E-state index contributed by atoms with van der Waals surface area (Å²) in [6.45, 7) is 4.23. The van der Waals surface area contributed by atoms with Crippen molar-refractivity contribution in [1.82, 2.24) is 14.7 Å². The molecule has 0 spiro atoms. The smallest absolute Gasteiger partial charge is 0.351 e. The quantitative estimate of drug-likeness (QED) is 0.243. The molecule has 0 atom stereocenters. The number of hydrogen-bond acceptors (Lipinski definition) is 3. The minimum Gasteiger partial charge on any atom is -0.351 e. The van der Waals surface area contributed by atoms with Gasteiger partial charge in [0.25, 0.3) is 0 Å². The first kappa shape index (κ1) is 28.6. The van der Waals surface area contributed by atoms with Crippen LogP contribution in [0.1, 0.15) is 33.5 Å². The van der Waals surface area contributed by atoms with Crippen LogP contribution < -0.4 is 11.1 Å². The summed E-state index contributed by atoms with van der Waals surface area (Å²) >= 11 is 5.85. The van der Waals surface area contributed by atoms with Gasteiger partial charge in [-0.2, -0.15) is 18.3 Å². The molecule has 0 saturated carbocycles. The minimum absolute atomic E-state index is 0.0223. The van der Waals surface area contributed by atoms with Crippen molar-refractivity contribution in [2.24, 2.45) is 5.73 Å². The SMILES string of the molecule is Cc1cccc(C)c1-n1nc2c(c1-c1cc(F)c(NC(N)=O)cc1F)CN(Cc1ccc(Cl)cc1C(F)(F)F)CC2. The number of alkyl halides is 3. The Bertz CT molecular complexity index is 1650. The van der Waals surface area contributed by atoms with Gasteiger partial charge in [-0.05, 0) is 48.7 Å². The number of amides is 2. The molecule has 1 aromatic heterocycles. The Morgan fingerprint density at radius 3 is 2.44 bits per heavy atom. The van der Waals surface area contributed by atoms with Crippen LogP contribution in [0, 0.1) is 25.5 Å². The number of para-hydroxylation sites is 1. The van der Waals surface area contributed by atoms with Gasteiger partial charge in [0.15, 0.2) is 0 Å². The summed E-state index contributed by atoms with van der Waals surface area (Å²) in [5.74, 6) is -1.74. The third-order valence-corrected chi connectivity index (χ3v) is 7.34. The van der Waals surface area contributed by atoms with E-state index in [1.807, 2.05) is 32.0 Å². The topological polar surface area (TPSA) is 76.2 Å². The number of carbonyl (C=O) groups is 1. The van der Waals surface area contributed by atoms with Gasteiger partial charge in [0.1, 0.15) is 11.6 Å². The summed E-state index contributed by atoms with van der Waals surface area (Å²) < 4.78 is 73.6. The Labute approximate surface area is 237 Å². The summed E-state index contributed by atoms with van der Waals surface area (Å²) in [6.07, 6.45) is -4.22. The Balaban J connectivity index is 1.64. The monoisotopic (exact) mass is 589 g/mol. The number of urea groups is 1. The van der Waals surface area contributed by atoms with Crippen molar-refractivity contribution >= 4 is 23.3 Å². The van der Waals surface area contributed by atoms with E-state index in [0.717, 1.165) is 29.3 Å². The van der Waals surface area contributed by atoms with Gasteiger partial charge in [-0.3, -0.25) is 4.90 Å². The number of carbonyl (C=O) groups excluding carboxylic acids is 1. The van der Waals surface area contributed by atoms with Crippen molar-refractivity contribution in [3.05, 3.63) is 98.7 Å². The maximum absolute atomic E-state index is 15.6. The van der Waals surface area contributed by atoms with Gasteiger partial charge in [0, 0.05) is 48.3 Å². The molecule has 0 aliphatic carbocycles. The molecule has 12 heteroatoms. The molecule has 2 amide bonds. The van der Waals surface area contributed by atoms with Crippen molar-refractivity contribution in [3.63, 3.8) is 0 Å². The molecule has 0 fully saturated rings. The second-order valence-corrected chi connectivity index (χ2v) is 10.4. The number of anilines is 1. The number of aromatic nitrogens is 2. The molecule has 5 rings (SSSR count). The van der Waals surface area contributed by atoms with Crippen LogP contribution in [0.3, 0.4) is 0 Å². The van der Waals surface area contributed by atoms with Crippen molar-refractivity contribution in [1.29, 1.82) is 0 Å². The third kappa shape index (κ3) is 5.64. The average molecular weight is 590 g/mol. The van der Waals surface area contributed by atoms with Gasteiger partial charge in [-0.25, -0.2) is 18.3 Å². The zero-order chi connectivity index (χ0) is 29.6. The van der Waals surface area contributed by atoms with Crippen LogP contribution in [0.2, 0.25) is 5.02 Å². The largest absolute Gasteiger partial charge is 0.416 e. The van der Waals surface area contributed by atoms with E-state index in [2.05, 4.69) is 5.32 Å². The zero-order valence-corrected chi connectivity index (χ0v) is 22.8. The summed E-state index contributed by atoms with van der Waals surface area (Å²) in [6, 6.07) is 10.0. The molecule has 214 valence electrons. The molecule has 1 aliphatic rings. The first-order valence-electron chi connectivity index (χ1n) is 12.6. The fourth-order valence-electron chi connectivity index (χ4n) is 5.29. The second kappa shape index (κ2) is 10.8. The molecule has 0 bridgehead atoms. The van der Waals surface area contributed by atoms with Gasteiger partial charge in [0.05, 0.1) is 28.3 Å². The molecule has 2 heterocycles. The predicted molar refractivity (Wildman–Crippen MR) is 146 cm³/mol. The predicted octanol–water partition coefficient (Wildman–Crippen LogP) is 7.16. The molecule has 6 nitrogen and oxygen atoms in total. The van der Waals surface area contributed by atoms with Crippen LogP contribution in [0.4, 0.5) is 32.4 Å². The molecular formula is C29H25ClF5N5O. The summed E-state index contributed by atoms with van der Waals surface area (Å²) in [5.41, 5.74) is 7.61. The van der Waals surface area contributed by atoms with E-state index in [9.17, 15) is 18.0 Å². The van der Waals surface area contributed by atoms with Crippen molar-refractivity contribution in [2.45, 2.75) is 39.5 Å². The lowest BCUT2D eigenvalue weighted by molar-refractivity contribution is -0.138. The van der Waals surface area contributed by atoms with Gasteiger partial charge in [-0.15, -0.1) is 0 Å². The maximum Gasteiger partial charge on any atom is 0.416 e. The Morgan fingerprint density at radius 2 is 1.78 bits per heavy atom. The highest BCUT2D eigenvalue weighted by Crippen LogP contribution is 2.39. The highest BCUT2D eigenvalue weighted by Gasteiger charge is 2.35. The van der Waals surface area contributed by atoms with Crippen molar-refractivity contribution in [3.8, 4) is 16.9 Å². The molecule has 4 aromatic rings. The van der Waals surface area contributed by atoms with Gasteiger partial charge >= 0.3 is 12.2 Å². The lowest BCUT2D eigenvalue weighted by atomic mass is 9.98. The van der Waals surface area contributed by atoms with E-state index in [1.54, 1.807) is 9.58 Å². The maximum atomic E-state index is 15.6. The highest BCUT2D eigenvalue weighted by atomic mass is 35.5. The van der Waals surface area contributed by atoms with Crippen LogP contribution in [0.25, 0.3) is 16.9 Å². The second-order valence-electron chi connectivity index (χ2n) is 9.99. The molecular weight excluding hydrogens is 565 g/mol. The number of nitrogens with one attached hydrogen (secondary N) is 1. The molecule has 41 heavy (non-hydrogen) atoms. The summed E-state index contributed by atoms with van der Waals surface area (Å²) in [5, 5.41) is 6.82. The van der Waals surface area contributed by atoms with E-state index in [1.165, 1.54) is 12.1 Å². The zero-order valence-electron chi connectivity index (χ0n) is 22.0. The number of nitrogens with two attached hydrogens (primary N) is 1. The van der Waals surface area contributed by atoms with Gasteiger partial charge in [-0.1, -0.05) is 35.9 Å². The first-order valence-corrected chi connectivity index (χ1v) is 13.0. The summed E-state index contributed by atoms with van der Waals surface area (Å²) in [7, 11) is 0. The molecule has 3 N–H and O–H groups in total. The van der Waals surface area contributed by atoms with Crippen molar-refractivity contribution in [2.75, 3.05) is 11.9 Å². The van der Waals surface area contributed by atoms with Crippen LogP contribution in [-0.4, -0.2) is 27.3 Å². The lowest BCUT2D eigenvalue weighted by Gasteiger charge is -2.28. The van der Waals surface area contributed by atoms with Crippen LogP contribution >= 0.6 is 11.6 Å². The standard InChI is InChI=1S/C29H25ClF5N5O/c1-15-4-3-5-16(2)26(15)40-27(19-11-23(32)25(12-22(19)31)37-28(36)41)20-14-39(9-8-24(20)38-40)13-17-6-7-18(30)10-21(17)29(33,34)35/h3-7,10-12H,8-9,13-14H2,1-2H3,(H3,36,37,41). The number of benzene rings is 3. The highest BCUT2D eigenvalue weighted by molar-refractivity contribution is 6.30. The third-order valence-electron chi connectivity index (χ3n) is 7.11. The average Bonchev–Trinajstić information content (AvgIpc) is 3.24. The van der Waals surface area contributed by atoms with E-state index >= 15 is 8.78 Å². The lowest BCUT2D eigenvalue weighted by Crippen LogP contribution is -2.31. The van der Waals surface area contributed by atoms with Crippen LogP contribution in [0.15, 0.2) is 48.5 Å². The number of hydrogen-bond donors (Lipinski definition) is 2. The number of halogens is 6. The number of primary amides is 1. The molecule has 1 aliphatic heterocycles. The normalized spacial score (nSPS) is 13.8. The van der Waals surface area contributed by atoms with Gasteiger partial charge in [0.2, 0.25) is 0 Å². The van der Waals surface area contributed by atoms with Crippen molar-refractivity contribution < 1.29 is 26.7 Å². The van der Waals surface area contributed by atoms with E-state index < -0.39 is 35.1 Å². The van der Waals surface area contributed by atoms with Crippen LogP contribution in [0.5, 0.6) is 0 Å². The molecule has 3 aromatic carbocycles. The number of rotatable bonds is 5. The number of aryl methyl sites for hydroxylation is 2. The van der Waals surface area contributed by atoms with E-state index in [4.69, 9.17) is 22.4 Å². The van der Waals surface area contributed by atoms with E-state index in [-0.39, 0.29) is 34.9 Å².